The van der Waals surface area contributed by atoms with Crippen LogP contribution in [0.5, 0.6) is 0 Å². The third-order valence-electron chi connectivity index (χ3n) is 6.05. The summed E-state index contributed by atoms with van der Waals surface area (Å²) in [6.07, 6.45) is 3.60. The predicted molar refractivity (Wildman–Crippen MR) is 134 cm³/mol. The van der Waals surface area contributed by atoms with Gasteiger partial charge < -0.3 is 16.0 Å². The second kappa shape index (κ2) is 8.68. The third-order valence-corrected chi connectivity index (χ3v) is 6.05. The molecular weight excluding hydrogens is 426 g/mol. The summed E-state index contributed by atoms with van der Waals surface area (Å²) in [7, 11) is 2.11. The van der Waals surface area contributed by atoms with E-state index in [0.29, 0.717) is 23.1 Å². The Hall–Kier alpha value is -3.52. The van der Waals surface area contributed by atoms with E-state index < -0.39 is 0 Å². The molecule has 176 valence electrons. The lowest BCUT2D eigenvalue weighted by molar-refractivity contribution is 0.0951. The summed E-state index contributed by atoms with van der Waals surface area (Å²) in [4.78, 5) is 29.0. The number of carbonyl (C=O) groups excluding carboxylic acids is 1. The van der Waals surface area contributed by atoms with Crippen molar-refractivity contribution < 1.29 is 4.79 Å². The van der Waals surface area contributed by atoms with Gasteiger partial charge in [-0.3, -0.25) is 9.69 Å². The number of rotatable bonds is 6. The van der Waals surface area contributed by atoms with Gasteiger partial charge in [-0.1, -0.05) is 32.9 Å². The highest BCUT2D eigenvalue weighted by Crippen LogP contribution is 2.28. The van der Waals surface area contributed by atoms with Crippen LogP contribution in [0.25, 0.3) is 0 Å². The molecule has 2 aromatic heterocycles. The monoisotopic (exact) mass is 457 g/mol. The molecule has 1 fully saturated rings. The van der Waals surface area contributed by atoms with E-state index in [0.717, 1.165) is 37.3 Å². The summed E-state index contributed by atoms with van der Waals surface area (Å²) >= 11 is 0. The Labute approximate surface area is 200 Å². The van der Waals surface area contributed by atoms with Gasteiger partial charge >= 0.3 is 0 Å². The van der Waals surface area contributed by atoms with Crippen molar-refractivity contribution in [2.45, 2.75) is 58.2 Å². The van der Waals surface area contributed by atoms with Crippen LogP contribution in [0, 0.1) is 0 Å². The van der Waals surface area contributed by atoms with Gasteiger partial charge in [0.1, 0.15) is 17.2 Å². The highest BCUT2D eigenvalue weighted by molar-refractivity contribution is 5.99. The summed E-state index contributed by atoms with van der Waals surface area (Å²) in [6, 6.07) is 12.4. The zero-order valence-corrected chi connectivity index (χ0v) is 20.1. The van der Waals surface area contributed by atoms with Crippen LogP contribution >= 0.6 is 0 Å². The molecule has 0 spiro atoms. The standard InChI is InChI=1S/C26H31N7O/c1-26(2,3)21-6-5-7-22(30-21)31-23-20(24(34)28-18-10-11-18)13-27-25(32-23)29-19-9-8-16-14-33(4)15-17(16)12-19/h5-9,12-13,18H,10-11,14-15H2,1-4H3,(H,28,34)(H2,27,29,30,31,32). The average Bonchev–Trinajstić information content (AvgIpc) is 3.51. The molecule has 8 nitrogen and oxygen atoms in total. The van der Waals surface area contributed by atoms with Crippen molar-refractivity contribution in [1.82, 2.24) is 25.2 Å². The molecule has 3 aromatic rings. The van der Waals surface area contributed by atoms with Gasteiger partial charge in [-0.25, -0.2) is 9.97 Å². The van der Waals surface area contributed by atoms with Gasteiger partial charge in [0.05, 0.1) is 0 Å². The predicted octanol–water partition coefficient (Wildman–Crippen LogP) is 4.49. The van der Waals surface area contributed by atoms with E-state index in [1.807, 2.05) is 24.3 Å². The molecule has 1 amide bonds. The van der Waals surface area contributed by atoms with Crippen LogP contribution in [0.4, 0.5) is 23.3 Å². The largest absolute Gasteiger partial charge is 0.349 e. The zero-order valence-electron chi connectivity index (χ0n) is 20.1. The fourth-order valence-corrected chi connectivity index (χ4v) is 4.01. The van der Waals surface area contributed by atoms with E-state index in [1.165, 1.54) is 11.1 Å². The van der Waals surface area contributed by atoms with Crippen LogP contribution in [-0.2, 0) is 18.5 Å². The number of nitrogens with zero attached hydrogens (tertiary/aromatic N) is 4. The van der Waals surface area contributed by atoms with Gasteiger partial charge in [0.2, 0.25) is 5.95 Å². The smallest absolute Gasteiger partial charge is 0.256 e. The van der Waals surface area contributed by atoms with Gasteiger partial charge in [0, 0.05) is 42.1 Å². The minimum atomic E-state index is -0.177. The van der Waals surface area contributed by atoms with E-state index in [9.17, 15) is 4.79 Å². The van der Waals surface area contributed by atoms with E-state index in [-0.39, 0.29) is 17.4 Å². The van der Waals surface area contributed by atoms with Crippen molar-refractivity contribution in [2.24, 2.45) is 0 Å². The summed E-state index contributed by atoms with van der Waals surface area (Å²) in [5.74, 6) is 1.31. The molecule has 0 bridgehead atoms. The molecule has 3 heterocycles. The molecule has 0 unspecified atom stereocenters. The maximum atomic E-state index is 12.9. The van der Waals surface area contributed by atoms with Gasteiger partial charge in [0.15, 0.2) is 0 Å². The summed E-state index contributed by atoms with van der Waals surface area (Å²) in [5, 5.41) is 9.59. The lowest BCUT2D eigenvalue weighted by Crippen LogP contribution is -2.26. The SMILES string of the molecule is CN1Cc2ccc(Nc3ncc(C(=O)NC4CC4)c(Nc4cccc(C(C)(C)C)n4)n3)cc2C1. The molecule has 0 saturated heterocycles. The molecule has 8 heteroatoms. The van der Waals surface area contributed by atoms with Crippen molar-refractivity contribution in [2.75, 3.05) is 17.7 Å². The van der Waals surface area contributed by atoms with E-state index in [1.54, 1.807) is 6.20 Å². The van der Waals surface area contributed by atoms with E-state index >= 15 is 0 Å². The van der Waals surface area contributed by atoms with E-state index in [4.69, 9.17) is 4.98 Å². The first-order valence-corrected chi connectivity index (χ1v) is 11.7. The summed E-state index contributed by atoms with van der Waals surface area (Å²) in [5.41, 5.74) is 4.82. The summed E-state index contributed by atoms with van der Waals surface area (Å²) in [6.45, 7) is 8.25. The molecule has 34 heavy (non-hydrogen) atoms. The molecule has 3 N–H and O–H groups in total. The Kier molecular flexibility index (Phi) is 5.69. The zero-order chi connectivity index (χ0) is 23.9. The molecule has 1 aliphatic heterocycles. The minimum absolute atomic E-state index is 0.0934. The molecule has 0 atom stereocenters. The molecule has 5 rings (SSSR count). The number of anilines is 4. The first-order chi connectivity index (χ1) is 16.2. The Balaban J connectivity index is 1.44. The van der Waals surface area contributed by atoms with Crippen LogP contribution in [0.2, 0.25) is 0 Å². The quantitative estimate of drug-likeness (QED) is 0.502. The van der Waals surface area contributed by atoms with Crippen molar-refractivity contribution in [3.8, 4) is 0 Å². The van der Waals surface area contributed by atoms with Crippen LogP contribution in [0.15, 0.2) is 42.6 Å². The minimum Gasteiger partial charge on any atom is -0.349 e. The van der Waals surface area contributed by atoms with Gasteiger partial charge in [-0.2, -0.15) is 4.98 Å². The first kappa shape index (κ1) is 22.3. The first-order valence-electron chi connectivity index (χ1n) is 11.7. The number of fused-ring (bicyclic) bond motifs is 1. The van der Waals surface area contributed by atoms with Crippen molar-refractivity contribution in [3.63, 3.8) is 0 Å². The topological polar surface area (TPSA) is 95.1 Å². The second-order valence-electron chi connectivity index (χ2n) is 10.3. The number of amides is 1. The number of carbonyl (C=O) groups is 1. The van der Waals surface area contributed by atoms with Crippen LogP contribution in [0.3, 0.4) is 0 Å². The molecule has 1 saturated carbocycles. The number of benzene rings is 1. The molecule has 1 aromatic carbocycles. The molecule has 2 aliphatic rings. The van der Waals surface area contributed by atoms with E-state index in [2.05, 4.69) is 70.8 Å². The third kappa shape index (κ3) is 5.02. The number of hydrogen-bond acceptors (Lipinski definition) is 7. The van der Waals surface area contributed by atoms with Gasteiger partial charge in [-0.05, 0) is 55.3 Å². The fourth-order valence-electron chi connectivity index (χ4n) is 4.01. The van der Waals surface area contributed by atoms with Gasteiger partial charge in [0.25, 0.3) is 5.91 Å². The molecule has 1 aliphatic carbocycles. The van der Waals surface area contributed by atoms with Crippen molar-refractivity contribution in [3.05, 3.63) is 65.0 Å². The maximum absolute atomic E-state index is 12.9. The maximum Gasteiger partial charge on any atom is 0.256 e. The fraction of sp³-hybridized carbons (Fsp3) is 0.385. The Morgan fingerprint density at radius 2 is 1.82 bits per heavy atom. The van der Waals surface area contributed by atoms with Gasteiger partial charge in [-0.15, -0.1) is 0 Å². The number of hydrogen-bond donors (Lipinski definition) is 3. The number of nitrogens with one attached hydrogen (secondary N) is 3. The molecular formula is C26H31N7O. The van der Waals surface area contributed by atoms with Crippen LogP contribution in [-0.4, -0.2) is 38.8 Å². The average molecular weight is 458 g/mol. The Morgan fingerprint density at radius 1 is 1.03 bits per heavy atom. The molecule has 0 radical (unpaired) electrons. The summed E-state index contributed by atoms with van der Waals surface area (Å²) < 4.78 is 0. The highest BCUT2D eigenvalue weighted by atomic mass is 16.1. The normalized spacial score (nSPS) is 15.6. The van der Waals surface area contributed by atoms with Crippen molar-refractivity contribution >= 4 is 29.2 Å². The lowest BCUT2D eigenvalue weighted by atomic mass is 9.92. The number of pyridine rings is 1. The Bertz CT molecular complexity index is 1230. The Morgan fingerprint density at radius 3 is 2.59 bits per heavy atom. The lowest BCUT2D eigenvalue weighted by Gasteiger charge is -2.19. The van der Waals surface area contributed by atoms with Crippen LogP contribution in [0.1, 0.15) is 60.8 Å². The second-order valence-corrected chi connectivity index (χ2v) is 10.3. The highest BCUT2D eigenvalue weighted by Gasteiger charge is 2.26. The van der Waals surface area contributed by atoms with Crippen molar-refractivity contribution in [1.29, 1.82) is 0 Å². The number of aromatic nitrogens is 3. The van der Waals surface area contributed by atoms with Crippen LogP contribution < -0.4 is 16.0 Å².